The normalized spacial score (nSPS) is 15.9. The first kappa shape index (κ1) is 18.1. The quantitative estimate of drug-likeness (QED) is 0.494. The first-order valence-corrected chi connectivity index (χ1v) is 11.1. The Morgan fingerprint density at radius 2 is 1.90 bits per heavy atom. The van der Waals surface area contributed by atoms with Gasteiger partial charge in [-0.3, -0.25) is 4.79 Å². The molecule has 6 nitrogen and oxygen atoms in total. The summed E-state index contributed by atoms with van der Waals surface area (Å²) >= 11 is 3.35. The van der Waals surface area contributed by atoms with Crippen LogP contribution in [0.3, 0.4) is 0 Å². The van der Waals surface area contributed by atoms with Crippen molar-refractivity contribution in [3.05, 3.63) is 77.0 Å². The highest BCUT2D eigenvalue weighted by molar-refractivity contribution is 7.99. The van der Waals surface area contributed by atoms with E-state index in [4.69, 9.17) is 0 Å². The summed E-state index contributed by atoms with van der Waals surface area (Å²) < 4.78 is 0. The number of carbonyl (C=O) groups excluding carboxylic acids is 1. The molecule has 144 valence electrons. The average Bonchev–Trinajstić information content (AvgIpc) is 3.45. The number of thiophene rings is 1. The Morgan fingerprint density at radius 3 is 2.72 bits per heavy atom. The molecule has 0 bridgehead atoms. The number of amides is 1. The lowest BCUT2D eigenvalue weighted by Crippen LogP contribution is -2.40. The molecular weight excluding hydrogens is 402 g/mol. The van der Waals surface area contributed by atoms with Gasteiger partial charge in [-0.2, -0.15) is 16.1 Å². The summed E-state index contributed by atoms with van der Waals surface area (Å²) in [4.78, 5) is 17.8. The van der Waals surface area contributed by atoms with Crippen LogP contribution in [-0.4, -0.2) is 31.9 Å². The van der Waals surface area contributed by atoms with E-state index < -0.39 is 0 Å². The van der Waals surface area contributed by atoms with Gasteiger partial charge in [-0.1, -0.05) is 42.5 Å². The van der Waals surface area contributed by atoms with Gasteiger partial charge in [0.2, 0.25) is 5.82 Å². The monoisotopic (exact) mass is 419 g/mol. The maximum Gasteiger partial charge on any atom is 0.251 e. The first-order chi connectivity index (χ1) is 14.3. The Labute approximate surface area is 176 Å². The molecule has 0 unspecified atom stereocenters. The van der Waals surface area contributed by atoms with E-state index in [1.165, 1.54) is 4.80 Å². The third-order valence-electron chi connectivity index (χ3n) is 4.80. The van der Waals surface area contributed by atoms with Gasteiger partial charge in [0.1, 0.15) is 6.54 Å². The van der Waals surface area contributed by atoms with E-state index in [1.54, 1.807) is 23.1 Å². The maximum absolute atomic E-state index is 13.4. The third kappa shape index (κ3) is 3.56. The van der Waals surface area contributed by atoms with Gasteiger partial charge in [0, 0.05) is 21.6 Å². The molecule has 1 aliphatic heterocycles. The van der Waals surface area contributed by atoms with E-state index in [2.05, 4.69) is 33.6 Å². The zero-order valence-corrected chi connectivity index (χ0v) is 17.0. The van der Waals surface area contributed by atoms with Gasteiger partial charge in [-0.25, -0.2) is 0 Å². The summed E-state index contributed by atoms with van der Waals surface area (Å²) in [5.74, 6) is 1.28. The van der Waals surface area contributed by atoms with E-state index in [9.17, 15) is 4.79 Å². The second kappa shape index (κ2) is 7.81. The van der Waals surface area contributed by atoms with Crippen LogP contribution in [0.5, 0.6) is 0 Å². The van der Waals surface area contributed by atoms with Gasteiger partial charge in [-0.05, 0) is 34.4 Å². The second-order valence-corrected chi connectivity index (χ2v) is 8.47. The van der Waals surface area contributed by atoms with Crippen molar-refractivity contribution in [2.75, 3.05) is 10.7 Å². The van der Waals surface area contributed by atoms with Crippen LogP contribution in [0.2, 0.25) is 0 Å². The number of benzene rings is 2. The fraction of sp³-hybridized carbons (Fsp3) is 0.143. The molecule has 0 radical (unpaired) electrons. The van der Waals surface area contributed by atoms with Crippen molar-refractivity contribution in [2.45, 2.75) is 17.5 Å². The summed E-state index contributed by atoms with van der Waals surface area (Å²) in [6.07, 6.45) is 0. The molecule has 29 heavy (non-hydrogen) atoms. The Morgan fingerprint density at radius 1 is 1.07 bits per heavy atom. The van der Waals surface area contributed by atoms with Crippen molar-refractivity contribution in [3.8, 4) is 11.4 Å². The van der Waals surface area contributed by atoms with Gasteiger partial charge in [0.25, 0.3) is 5.91 Å². The number of tetrazole rings is 1. The van der Waals surface area contributed by atoms with Gasteiger partial charge in [0.15, 0.2) is 0 Å². The van der Waals surface area contributed by atoms with Gasteiger partial charge in [0.05, 0.1) is 11.7 Å². The molecule has 2 aromatic carbocycles. The summed E-state index contributed by atoms with van der Waals surface area (Å²) in [7, 11) is 0. The van der Waals surface area contributed by atoms with Crippen LogP contribution in [0.15, 0.2) is 76.3 Å². The number of aromatic nitrogens is 4. The van der Waals surface area contributed by atoms with E-state index in [-0.39, 0.29) is 18.5 Å². The molecule has 0 N–H and O–H groups in total. The van der Waals surface area contributed by atoms with Crippen molar-refractivity contribution in [1.29, 1.82) is 0 Å². The highest BCUT2D eigenvalue weighted by Crippen LogP contribution is 2.43. The van der Waals surface area contributed by atoms with E-state index in [1.807, 2.05) is 58.1 Å². The predicted octanol–water partition coefficient (Wildman–Crippen LogP) is 4.28. The third-order valence-corrected chi connectivity index (χ3v) is 6.62. The van der Waals surface area contributed by atoms with E-state index >= 15 is 0 Å². The molecule has 0 spiro atoms. The number of rotatable bonds is 4. The molecule has 0 fully saturated rings. The minimum atomic E-state index is -0.0547. The lowest BCUT2D eigenvalue weighted by molar-refractivity contribution is -0.120. The van der Waals surface area contributed by atoms with Crippen LogP contribution in [0, 0.1) is 0 Å². The predicted molar refractivity (Wildman–Crippen MR) is 115 cm³/mol. The molecule has 4 aromatic rings. The summed E-state index contributed by atoms with van der Waals surface area (Å²) in [5, 5.41) is 16.5. The number of hydrogen-bond donors (Lipinski definition) is 0. The molecule has 1 atom stereocenters. The largest absolute Gasteiger partial charge is 0.301 e. The number of para-hydroxylation sites is 1. The number of hydrogen-bond acceptors (Lipinski definition) is 6. The van der Waals surface area contributed by atoms with Crippen LogP contribution in [-0.2, 0) is 11.3 Å². The Balaban J connectivity index is 1.46. The SMILES string of the molecule is O=C(Cn1nnc(-c2ccsc2)n1)N1c2ccccc2SC[C@H]1c1ccccc1. The second-order valence-electron chi connectivity index (χ2n) is 6.62. The summed E-state index contributed by atoms with van der Waals surface area (Å²) in [6, 6.07) is 20.1. The van der Waals surface area contributed by atoms with E-state index in [0.29, 0.717) is 5.82 Å². The number of nitrogens with zero attached hydrogens (tertiary/aromatic N) is 5. The van der Waals surface area contributed by atoms with Gasteiger partial charge >= 0.3 is 0 Å². The molecule has 0 saturated carbocycles. The zero-order valence-electron chi connectivity index (χ0n) is 15.4. The van der Waals surface area contributed by atoms with Crippen molar-refractivity contribution < 1.29 is 4.79 Å². The van der Waals surface area contributed by atoms with Crippen molar-refractivity contribution >= 4 is 34.7 Å². The van der Waals surface area contributed by atoms with Gasteiger partial charge < -0.3 is 4.90 Å². The molecule has 8 heteroatoms. The summed E-state index contributed by atoms with van der Waals surface area (Å²) in [5.41, 5.74) is 2.96. The molecule has 0 saturated heterocycles. The van der Waals surface area contributed by atoms with Crippen molar-refractivity contribution in [2.24, 2.45) is 0 Å². The van der Waals surface area contributed by atoms with Crippen molar-refractivity contribution in [1.82, 2.24) is 20.2 Å². The molecule has 5 rings (SSSR count). The maximum atomic E-state index is 13.4. The minimum absolute atomic E-state index is 0.0385. The Hall–Kier alpha value is -2.97. The highest BCUT2D eigenvalue weighted by atomic mass is 32.2. The molecular formula is C21H17N5OS2. The van der Waals surface area contributed by atoms with Crippen LogP contribution in [0.1, 0.15) is 11.6 Å². The smallest absolute Gasteiger partial charge is 0.251 e. The molecule has 1 amide bonds. The van der Waals surface area contributed by atoms with Crippen molar-refractivity contribution in [3.63, 3.8) is 0 Å². The van der Waals surface area contributed by atoms with Crippen LogP contribution >= 0.6 is 23.1 Å². The van der Waals surface area contributed by atoms with Crippen LogP contribution in [0.4, 0.5) is 5.69 Å². The molecule has 0 aliphatic carbocycles. The zero-order chi connectivity index (χ0) is 19.6. The first-order valence-electron chi connectivity index (χ1n) is 9.19. The van der Waals surface area contributed by atoms with E-state index in [0.717, 1.165) is 27.5 Å². The fourth-order valence-electron chi connectivity index (χ4n) is 3.43. The number of carbonyl (C=O) groups is 1. The topological polar surface area (TPSA) is 63.9 Å². The fourth-order valence-corrected chi connectivity index (χ4v) is 5.23. The van der Waals surface area contributed by atoms with Crippen LogP contribution < -0.4 is 4.90 Å². The molecule has 1 aliphatic rings. The molecule has 3 heterocycles. The lowest BCUT2D eigenvalue weighted by Gasteiger charge is -2.37. The molecule has 2 aromatic heterocycles. The number of thioether (sulfide) groups is 1. The highest BCUT2D eigenvalue weighted by Gasteiger charge is 2.32. The number of anilines is 1. The Kier molecular flexibility index (Phi) is 4.87. The minimum Gasteiger partial charge on any atom is -0.301 e. The van der Waals surface area contributed by atoms with Gasteiger partial charge in [-0.15, -0.1) is 22.0 Å². The summed E-state index contributed by atoms with van der Waals surface area (Å²) in [6.45, 7) is 0.0411. The number of fused-ring (bicyclic) bond motifs is 1. The average molecular weight is 420 g/mol. The van der Waals surface area contributed by atoms with Crippen LogP contribution in [0.25, 0.3) is 11.4 Å². The lowest BCUT2D eigenvalue weighted by atomic mass is 10.1. The Bertz CT molecular complexity index is 1130. The standard InChI is InChI=1S/C21H17N5OS2/c27-20(12-25-23-21(22-24-25)16-10-11-28-13-16)26-17-8-4-5-9-19(17)29-14-18(26)15-6-2-1-3-7-15/h1-11,13,18H,12,14H2/t18-/m0/s1.